The van der Waals surface area contributed by atoms with Crippen LogP contribution in [0.15, 0.2) is 182 Å². The van der Waals surface area contributed by atoms with Crippen LogP contribution in [0.25, 0.3) is 174 Å². The molecule has 8 bridgehead atoms. The van der Waals surface area contributed by atoms with Gasteiger partial charge in [-0.15, -0.1) is 0 Å². The molecule has 4 heteroatoms. The van der Waals surface area contributed by atoms with E-state index in [0.717, 1.165) is 0 Å². The van der Waals surface area contributed by atoms with E-state index in [9.17, 15) is 0 Å². The highest BCUT2D eigenvalue weighted by molar-refractivity contribution is 6.33. The first kappa shape index (κ1) is 57.8. The van der Waals surface area contributed by atoms with Gasteiger partial charge < -0.3 is 17.6 Å². The van der Waals surface area contributed by atoms with Crippen LogP contribution in [0.4, 0.5) is 0 Å². The summed E-state index contributed by atoms with van der Waals surface area (Å²) in [5, 5.41) is 25.4. The van der Waals surface area contributed by atoms with Crippen molar-refractivity contribution in [1.29, 1.82) is 0 Å². The third-order valence-corrected chi connectivity index (χ3v) is 22.8. The Morgan fingerprint density at radius 2 is 0.354 bits per heavy atom. The van der Waals surface area contributed by atoms with Gasteiger partial charge in [-0.2, -0.15) is 0 Å². The van der Waals surface area contributed by atoms with Gasteiger partial charge in [-0.3, -0.25) is 0 Å². The Morgan fingerprint density at radius 1 is 0.156 bits per heavy atom. The number of benzene rings is 14. The zero-order chi connectivity index (χ0) is 66.5. The lowest BCUT2D eigenvalue weighted by molar-refractivity contribution is 0.591. The van der Waals surface area contributed by atoms with Crippen LogP contribution in [0.2, 0.25) is 0 Å². The standard InChI is InChI=1S/C92H84N4/c1-87(2,3)53-23-31-71-63(39-53)67-43-68-64-40-54(88(4,5)6)24-32-72(64)94-77-46-78(62-30-22-52-38-58(92(16,17)18)37-51-21-29-61(77)86(62)84(51)52)96-74-34-26-56(90(10,11)12)42-66(74)70-44-69-65-41-55(89(7,8)9)25-33-73(65)95(81(69)48-82(70)96)76-45-75(93(71)79(67)47-80(68)94)59-27-19-49-35-57(91(13,14)15)36-50-20-28-60(76)85(59)83(49)50/h19-48H,1-18H3. The molecular formula is C92H84N4. The Labute approximate surface area is 560 Å². The number of fused-ring (bicyclic) bond motifs is 24. The average molecular weight is 1250 g/mol. The summed E-state index contributed by atoms with van der Waals surface area (Å²) in [6, 6.07) is 74.5. The van der Waals surface area contributed by atoms with Gasteiger partial charge >= 0.3 is 0 Å². The van der Waals surface area contributed by atoms with Gasteiger partial charge in [0.05, 0.1) is 66.2 Å². The molecule has 0 radical (unpaired) electrons. The fraction of sp³-hybridized carbons (Fsp3) is 0.261. The minimum Gasteiger partial charge on any atom is -0.308 e. The van der Waals surface area contributed by atoms with Gasteiger partial charge in [0, 0.05) is 75.4 Å². The van der Waals surface area contributed by atoms with Crippen LogP contribution in [0.5, 0.6) is 0 Å². The van der Waals surface area contributed by atoms with Crippen molar-refractivity contribution in [3.05, 3.63) is 215 Å². The Kier molecular flexibility index (Phi) is 11.0. The minimum absolute atomic E-state index is 0.0368. The molecule has 0 aliphatic heterocycles. The molecule has 0 fully saturated rings. The van der Waals surface area contributed by atoms with E-state index < -0.39 is 0 Å². The van der Waals surface area contributed by atoms with Crippen molar-refractivity contribution >= 4 is 174 Å². The minimum atomic E-state index is -0.0856. The molecule has 0 saturated carbocycles. The van der Waals surface area contributed by atoms with E-state index in [-0.39, 0.29) is 32.5 Å². The summed E-state index contributed by atoms with van der Waals surface area (Å²) < 4.78 is 10.7. The molecule has 472 valence electrons. The monoisotopic (exact) mass is 1240 g/mol. The van der Waals surface area contributed by atoms with Crippen LogP contribution in [-0.4, -0.2) is 17.6 Å². The molecule has 0 aliphatic carbocycles. The molecule has 0 unspecified atom stereocenters. The number of hydrogen-bond acceptors (Lipinski definition) is 0. The van der Waals surface area contributed by atoms with Crippen LogP contribution in [0.1, 0.15) is 158 Å². The average Bonchev–Trinajstić information content (AvgIpc) is 1.54. The van der Waals surface area contributed by atoms with Crippen molar-refractivity contribution in [1.82, 2.24) is 17.6 Å². The van der Waals surface area contributed by atoms with Crippen LogP contribution in [0, 0.1) is 0 Å². The smallest absolute Gasteiger partial charge is 0.0562 e. The van der Waals surface area contributed by atoms with Gasteiger partial charge in [0.15, 0.2) is 0 Å². The highest BCUT2D eigenvalue weighted by atomic mass is 15.0. The summed E-state index contributed by atoms with van der Waals surface area (Å²) in [7, 11) is 0. The van der Waals surface area contributed by atoms with Crippen molar-refractivity contribution in [2.24, 2.45) is 0 Å². The quantitative estimate of drug-likeness (QED) is 0.135. The van der Waals surface area contributed by atoms with Gasteiger partial charge in [-0.05, 0) is 183 Å². The lowest BCUT2D eigenvalue weighted by Crippen LogP contribution is -2.10. The topological polar surface area (TPSA) is 17.6 Å². The Morgan fingerprint density at radius 3 is 0.562 bits per heavy atom. The van der Waals surface area contributed by atoms with Gasteiger partial charge in [-0.25, -0.2) is 0 Å². The second kappa shape index (κ2) is 18.3. The number of aromatic nitrogens is 4. The maximum absolute atomic E-state index is 2.68. The second-order valence-corrected chi connectivity index (χ2v) is 35.2. The lowest BCUT2D eigenvalue weighted by Gasteiger charge is -2.22. The number of nitrogens with zero attached hydrogens (tertiary/aromatic N) is 4. The third-order valence-electron chi connectivity index (χ3n) is 22.8. The van der Waals surface area contributed by atoms with E-state index in [1.165, 1.54) is 207 Å². The highest BCUT2D eigenvalue weighted by Gasteiger charge is 2.29. The molecule has 96 heavy (non-hydrogen) atoms. The molecule has 5 heterocycles. The van der Waals surface area contributed by atoms with Crippen molar-refractivity contribution in [3.63, 3.8) is 0 Å². The fourth-order valence-corrected chi connectivity index (χ4v) is 17.3. The third kappa shape index (κ3) is 7.79. The summed E-state index contributed by atoms with van der Waals surface area (Å²) in [4.78, 5) is 0. The first-order valence-electron chi connectivity index (χ1n) is 35.1. The van der Waals surface area contributed by atoms with Crippen molar-refractivity contribution < 1.29 is 0 Å². The highest BCUT2D eigenvalue weighted by Crippen LogP contribution is 2.50. The second-order valence-electron chi connectivity index (χ2n) is 35.2. The van der Waals surface area contributed by atoms with E-state index in [2.05, 4.69) is 324 Å². The molecule has 0 atom stereocenters. The van der Waals surface area contributed by atoms with Gasteiger partial charge in [0.1, 0.15) is 0 Å². The predicted molar refractivity (Wildman–Crippen MR) is 419 cm³/mol. The fourth-order valence-electron chi connectivity index (χ4n) is 17.3. The van der Waals surface area contributed by atoms with Crippen LogP contribution < -0.4 is 0 Å². The predicted octanol–water partition coefficient (Wildman–Crippen LogP) is 26.1. The molecule has 19 rings (SSSR count). The van der Waals surface area contributed by atoms with E-state index in [0.29, 0.717) is 0 Å². The van der Waals surface area contributed by atoms with Gasteiger partial charge in [-0.1, -0.05) is 222 Å². The summed E-state index contributed by atoms with van der Waals surface area (Å²) in [6.07, 6.45) is 0. The summed E-state index contributed by atoms with van der Waals surface area (Å²) in [5.74, 6) is 0. The molecule has 0 amide bonds. The molecule has 14 aromatic carbocycles. The maximum Gasteiger partial charge on any atom is 0.0562 e. The summed E-state index contributed by atoms with van der Waals surface area (Å²) in [6.45, 7) is 42.4. The first-order chi connectivity index (χ1) is 45.4. The normalized spacial score (nSPS) is 13.9. The van der Waals surface area contributed by atoms with Gasteiger partial charge in [0.2, 0.25) is 0 Å². The zero-order valence-corrected chi connectivity index (χ0v) is 59.1. The van der Waals surface area contributed by atoms with E-state index in [1.807, 2.05) is 0 Å². The molecule has 0 N–H and O–H groups in total. The maximum atomic E-state index is 2.68. The van der Waals surface area contributed by atoms with E-state index in [4.69, 9.17) is 0 Å². The molecule has 19 aromatic rings. The lowest BCUT2D eigenvalue weighted by atomic mass is 9.83. The van der Waals surface area contributed by atoms with E-state index >= 15 is 0 Å². The molecule has 0 spiro atoms. The van der Waals surface area contributed by atoms with Crippen molar-refractivity contribution in [2.75, 3.05) is 0 Å². The molecule has 0 aliphatic rings. The van der Waals surface area contributed by atoms with E-state index in [1.54, 1.807) is 0 Å². The van der Waals surface area contributed by atoms with Crippen molar-refractivity contribution in [3.8, 4) is 0 Å². The Balaban J connectivity index is 1.18. The first-order valence-corrected chi connectivity index (χ1v) is 35.1. The number of rotatable bonds is 0. The molecule has 4 nitrogen and oxygen atoms in total. The molecular weight excluding hydrogens is 1160 g/mol. The number of hydrogen-bond donors (Lipinski definition) is 0. The molecule has 5 aromatic heterocycles. The Bertz CT molecular complexity index is 5990. The van der Waals surface area contributed by atoms with Crippen LogP contribution in [0.3, 0.4) is 0 Å². The van der Waals surface area contributed by atoms with Crippen molar-refractivity contribution in [2.45, 2.75) is 157 Å². The molecule has 0 saturated heterocycles. The van der Waals surface area contributed by atoms with Crippen LogP contribution in [-0.2, 0) is 32.5 Å². The largest absolute Gasteiger partial charge is 0.308 e. The zero-order valence-electron chi connectivity index (χ0n) is 59.1. The summed E-state index contributed by atoms with van der Waals surface area (Å²) in [5.41, 5.74) is 21.8. The van der Waals surface area contributed by atoms with Crippen LogP contribution >= 0.6 is 0 Å². The SMILES string of the molecule is CC(C)(C)c1cc2ccc3c4c(ccc(c1)c24)c1cc3n2c3ccc(C(C)(C)C)cc3c3cc4c5cc(C(C)(C)C)ccc5n(c4cc32)c2cc(c3ccc4cc(C(C)(C)C)cc5ccc2c3c54)n2c3ccc(C(C)(C)C)cc3c3cc4c5cc(C(C)(C)C)ccc5n1c4cc32. The van der Waals surface area contributed by atoms with Gasteiger partial charge in [0.25, 0.3) is 0 Å². The Hall–Kier alpha value is -9.64. The summed E-state index contributed by atoms with van der Waals surface area (Å²) >= 11 is 0.